The third kappa shape index (κ3) is 1.76. The molecule has 0 aliphatic heterocycles. The second-order valence-corrected chi connectivity index (χ2v) is 3.00. The zero-order chi connectivity index (χ0) is 9.14. The fourth-order valence-corrected chi connectivity index (χ4v) is 1.08. The summed E-state index contributed by atoms with van der Waals surface area (Å²) in [7, 11) is 1.33. The zero-order valence-corrected chi connectivity index (χ0v) is 8.01. The number of rotatable bonds is 1. The first-order valence-electron chi connectivity index (χ1n) is 3.20. The van der Waals surface area contributed by atoms with Crippen molar-refractivity contribution in [3.63, 3.8) is 0 Å². The van der Waals surface area contributed by atoms with E-state index in [9.17, 15) is 4.79 Å². The molecule has 0 aliphatic carbocycles. The molecule has 1 rings (SSSR count). The molecule has 0 amide bonds. The highest BCUT2D eigenvalue weighted by atomic mass is 79.9. The van der Waals surface area contributed by atoms with Crippen LogP contribution in [-0.2, 0) is 4.74 Å². The fraction of sp³-hybridized carbons (Fsp3) is 0.125. The molecule has 2 N–H and O–H groups in total. The first-order chi connectivity index (χ1) is 5.65. The van der Waals surface area contributed by atoms with Gasteiger partial charge < -0.3 is 10.5 Å². The molecule has 0 atom stereocenters. The summed E-state index contributed by atoms with van der Waals surface area (Å²) >= 11 is 3.18. The monoisotopic (exact) mass is 228 g/mol. The molecule has 0 saturated carbocycles. The Morgan fingerprint density at radius 3 is 2.92 bits per heavy atom. The summed E-state index contributed by atoms with van der Waals surface area (Å²) < 4.78 is 5.15. The van der Waals surface area contributed by atoms with E-state index in [0.29, 0.717) is 15.7 Å². The maximum Gasteiger partial charge on any atom is 0.337 e. The summed E-state index contributed by atoms with van der Waals surface area (Å²) in [4.78, 5) is 11.0. The van der Waals surface area contributed by atoms with Crippen LogP contribution >= 0.6 is 15.9 Å². The van der Waals surface area contributed by atoms with Crippen LogP contribution in [-0.4, -0.2) is 13.1 Å². The Hall–Kier alpha value is -1.03. The maximum absolute atomic E-state index is 11.0. The summed E-state index contributed by atoms with van der Waals surface area (Å²) in [6.45, 7) is 0. The second-order valence-electron chi connectivity index (χ2n) is 2.14. The molecule has 4 heteroatoms. The van der Waals surface area contributed by atoms with Gasteiger partial charge in [0.1, 0.15) is 0 Å². The first-order valence-corrected chi connectivity index (χ1v) is 3.99. The lowest BCUT2D eigenvalue weighted by Crippen LogP contribution is -2.01. The van der Waals surface area contributed by atoms with E-state index in [1.165, 1.54) is 13.2 Å². The Morgan fingerprint density at radius 1 is 1.75 bits per heavy atom. The smallest absolute Gasteiger partial charge is 0.337 e. The van der Waals surface area contributed by atoms with Gasteiger partial charge in [0.25, 0.3) is 0 Å². The normalized spacial score (nSPS) is 9.50. The van der Waals surface area contributed by atoms with Gasteiger partial charge in [-0.05, 0) is 28.1 Å². The van der Waals surface area contributed by atoms with Crippen molar-refractivity contribution in [1.29, 1.82) is 0 Å². The summed E-state index contributed by atoms with van der Waals surface area (Å²) in [5.41, 5.74) is 6.38. The van der Waals surface area contributed by atoms with Gasteiger partial charge in [0.05, 0.1) is 18.4 Å². The minimum absolute atomic E-state index is 0.396. The van der Waals surface area contributed by atoms with E-state index in [4.69, 9.17) is 5.73 Å². The Labute approximate surface area is 78.6 Å². The average Bonchev–Trinajstić information content (AvgIpc) is 2.08. The number of nitrogen functional groups attached to an aromatic ring is 1. The highest BCUT2D eigenvalue weighted by Crippen LogP contribution is 2.19. The Balaban J connectivity index is 3.05. The van der Waals surface area contributed by atoms with Gasteiger partial charge in [-0.3, -0.25) is 0 Å². The lowest BCUT2D eigenvalue weighted by molar-refractivity contribution is 0.0600. The van der Waals surface area contributed by atoms with E-state index in [2.05, 4.69) is 26.7 Å². The van der Waals surface area contributed by atoms with E-state index < -0.39 is 5.97 Å². The lowest BCUT2D eigenvalue weighted by atomic mass is 10.2. The molecule has 1 aromatic rings. The number of halogens is 1. The standard InChI is InChI=1S/C8H7BrNO2/c1-12-8(11)5-2-3-7(10)6(9)4-5/h2,4H,10H2,1H3. The van der Waals surface area contributed by atoms with Gasteiger partial charge in [-0.2, -0.15) is 0 Å². The van der Waals surface area contributed by atoms with Crippen LogP contribution < -0.4 is 5.73 Å². The quantitative estimate of drug-likeness (QED) is 0.588. The summed E-state index contributed by atoms with van der Waals surface area (Å²) in [6.07, 6.45) is 0. The third-order valence-corrected chi connectivity index (χ3v) is 2.00. The molecule has 0 aromatic heterocycles. The lowest BCUT2D eigenvalue weighted by Gasteiger charge is -2.00. The number of methoxy groups -OCH3 is 1. The first kappa shape index (κ1) is 9.06. The highest BCUT2D eigenvalue weighted by molar-refractivity contribution is 9.10. The number of benzene rings is 1. The molecule has 0 saturated heterocycles. The van der Waals surface area contributed by atoms with Gasteiger partial charge >= 0.3 is 5.97 Å². The molecular weight excluding hydrogens is 222 g/mol. The van der Waals surface area contributed by atoms with Crippen LogP contribution in [0.15, 0.2) is 16.6 Å². The number of carbonyl (C=O) groups is 1. The maximum atomic E-state index is 11.0. The largest absolute Gasteiger partial charge is 0.465 e. The predicted octanol–water partition coefficient (Wildman–Crippen LogP) is 1.62. The number of hydrogen-bond donors (Lipinski definition) is 1. The summed E-state index contributed by atoms with van der Waals surface area (Å²) in [6, 6.07) is 5.80. The van der Waals surface area contributed by atoms with Gasteiger partial charge in [0, 0.05) is 10.5 Å². The van der Waals surface area contributed by atoms with Crippen LogP contribution in [0.3, 0.4) is 0 Å². The topological polar surface area (TPSA) is 52.3 Å². The predicted molar refractivity (Wildman–Crippen MR) is 48.7 cm³/mol. The zero-order valence-electron chi connectivity index (χ0n) is 6.43. The minimum atomic E-state index is -0.396. The molecule has 12 heavy (non-hydrogen) atoms. The van der Waals surface area contributed by atoms with E-state index >= 15 is 0 Å². The van der Waals surface area contributed by atoms with Crippen molar-refractivity contribution in [3.05, 3.63) is 28.2 Å². The van der Waals surface area contributed by atoms with Crippen molar-refractivity contribution in [2.75, 3.05) is 12.8 Å². The fourth-order valence-electron chi connectivity index (χ4n) is 0.716. The van der Waals surface area contributed by atoms with Crippen LogP contribution in [0, 0.1) is 6.07 Å². The van der Waals surface area contributed by atoms with Gasteiger partial charge in [-0.25, -0.2) is 4.79 Å². The number of carbonyl (C=O) groups excluding carboxylic acids is 1. The van der Waals surface area contributed by atoms with E-state index in [1.807, 2.05) is 0 Å². The van der Waals surface area contributed by atoms with Crippen LogP contribution in [0.25, 0.3) is 0 Å². The number of anilines is 1. The summed E-state index contributed by atoms with van der Waals surface area (Å²) in [5.74, 6) is -0.396. The molecule has 0 spiro atoms. The SMILES string of the molecule is COC(=O)c1c[c]c(N)c(Br)c1. The van der Waals surface area contributed by atoms with Gasteiger partial charge in [0.2, 0.25) is 0 Å². The molecule has 0 heterocycles. The van der Waals surface area contributed by atoms with E-state index in [0.717, 1.165) is 0 Å². The molecule has 1 radical (unpaired) electrons. The average molecular weight is 229 g/mol. The van der Waals surface area contributed by atoms with Crippen molar-refractivity contribution in [2.45, 2.75) is 0 Å². The molecule has 1 aromatic carbocycles. The van der Waals surface area contributed by atoms with Crippen LogP contribution in [0.2, 0.25) is 0 Å². The Kier molecular flexibility index (Phi) is 2.70. The van der Waals surface area contributed by atoms with Crippen molar-refractivity contribution in [3.8, 4) is 0 Å². The van der Waals surface area contributed by atoms with Crippen molar-refractivity contribution in [2.24, 2.45) is 0 Å². The summed E-state index contributed by atoms with van der Waals surface area (Å²) in [5, 5.41) is 0. The van der Waals surface area contributed by atoms with Crippen LogP contribution in [0.4, 0.5) is 5.69 Å². The minimum Gasteiger partial charge on any atom is -0.465 e. The number of esters is 1. The van der Waals surface area contributed by atoms with Crippen LogP contribution in [0.1, 0.15) is 10.4 Å². The molecular formula is C8H7BrNO2. The Morgan fingerprint density at radius 2 is 2.42 bits per heavy atom. The highest BCUT2D eigenvalue weighted by Gasteiger charge is 2.06. The second kappa shape index (κ2) is 3.58. The van der Waals surface area contributed by atoms with Crippen molar-refractivity contribution < 1.29 is 9.53 Å². The van der Waals surface area contributed by atoms with E-state index in [-0.39, 0.29) is 0 Å². The number of hydrogen-bond acceptors (Lipinski definition) is 3. The van der Waals surface area contributed by atoms with Gasteiger partial charge in [0.15, 0.2) is 0 Å². The van der Waals surface area contributed by atoms with Crippen molar-refractivity contribution >= 4 is 27.6 Å². The molecule has 0 bridgehead atoms. The molecule has 63 valence electrons. The number of ether oxygens (including phenoxy) is 1. The van der Waals surface area contributed by atoms with Gasteiger partial charge in [-0.1, -0.05) is 0 Å². The molecule has 0 aliphatic rings. The van der Waals surface area contributed by atoms with Crippen molar-refractivity contribution in [1.82, 2.24) is 0 Å². The molecule has 0 fully saturated rings. The molecule has 3 nitrogen and oxygen atoms in total. The van der Waals surface area contributed by atoms with E-state index in [1.54, 1.807) is 6.07 Å². The third-order valence-electron chi connectivity index (χ3n) is 1.34. The molecule has 0 unspecified atom stereocenters. The van der Waals surface area contributed by atoms with Crippen LogP contribution in [0.5, 0.6) is 0 Å². The number of nitrogens with two attached hydrogens (primary N) is 1. The Bertz CT molecular complexity index is 312. The van der Waals surface area contributed by atoms with Gasteiger partial charge in [-0.15, -0.1) is 0 Å².